The summed E-state index contributed by atoms with van der Waals surface area (Å²) in [6, 6.07) is 0. The molecule has 1 aliphatic rings. The van der Waals surface area contributed by atoms with Crippen molar-refractivity contribution in [1.29, 1.82) is 0 Å². The topological polar surface area (TPSA) is 32.8 Å². The van der Waals surface area contributed by atoms with Gasteiger partial charge in [0, 0.05) is 0 Å². The molecule has 1 aliphatic heterocycles. The van der Waals surface area contributed by atoms with E-state index in [1.54, 1.807) is 0 Å². The number of alkyl halides is 1. The number of rotatable bonds is 1. The van der Waals surface area contributed by atoms with Crippen LogP contribution in [0.5, 0.6) is 0 Å². The van der Waals surface area contributed by atoms with Gasteiger partial charge < -0.3 is 9.84 Å². The molecule has 36 valence electrons. The number of epoxide rings is 1. The van der Waals surface area contributed by atoms with Gasteiger partial charge in [-0.3, -0.25) is 0 Å². The fourth-order valence-corrected chi connectivity index (χ4v) is 0.224. The van der Waals surface area contributed by atoms with Gasteiger partial charge in [-0.25, -0.2) is 0 Å². The van der Waals surface area contributed by atoms with E-state index in [1.807, 2.05) is 0 Å². The van der Waals surface area contributed by atoms with Crippen LogP contribution in [0.1, 0.15) is 0 Å². The summed E-state index contributed by atoms with van der Waals surface area (Å²) in [4.78, 5) is 0. The predicted molar refractivity (Wildman–Crippen MR) is 21.6 cm³/mol. The van der Waals surface area contributed by atoms with Crippen molar-refractivity contribution < 1.29 is 9.84 Å². The van der Waals surface area contributed by atoms with E-state index < -0.39 is 5.06 Å². The van der Waals surface area contributed by atoms with Crippen LogP contribution < -0.4 is 0 Å². The molecule has 3 heteroatoms. The summed E-state index contributed by atoms with van der Waals surface area (Å²) in [5.41, 5.74) is 0. The summed E-state index contributed by atoms with van der Waals surface area (Å²) in [6.07, 6.45) is 0. The lowest BCUT2D eigenvalue weighted by Gasteiger charge is -1.88. The number of halogens is 1. The van der Waals surface area contributed by atoms with Gasteiger partial charge in [-0.05, 0) is 0 Å². The molecule has 1 saturated heterocycles. The van der Waals surface area contributed by atoms with E-state index in [-0.39, 0.29) is 6.61 Å². The molecule has 0 aromatic rings. The molecule has 0 bridgehead atoms. The standard InChI is InChI=1S/C3H5ClO2/c4-3(1-5)2-6-3/h5H,1-2H2/t3-/m1/s1. The minimum absolute atomic E-state index is 0.0748. The number of aliphatic hydroxyl groups is 1. The summed E-state index contributed by atoms with van der Waals surface area (Å²) >= 11 is 5.36. The third-order valence-electron chi connectivity index (χ3n) is 0.694. The van der Waals surface area contributed by atoms with Crippen LogP contribution in [0, 0.1) is 0 Å². The van der Waals surface area contributed by atoms with Crippen LogP contribution >= 0.6 is 11.6 Å². The molecule has 0 amide bonds. The second-order valence-electron chi connectivity index (χ2n) is 1.33. The highest BCUT2D eigenvalue weighted by Gasteiger charge is 2.41. The van der Waals surface area contributed by atoms with E-state index in [1.165, 1.54) is 0 Å². The Kier molecular flexibility index (Phi) is 0.793. The average Bonchev–Trinajstić information content (AvgIpc) is 2.22. The molecule has 0 aromatic heterocycles. The lowest BCUT2D eigenvalue weighted by atomic mass is 10.5. The van der Waals surface area contributed by atoms with Gasteiger partial charge in [-0.2, -0.15) is 0 Å². The Morgan fingerprint density at radius 3 is 2.50 bits per heavy atom. The normalized spacial score (nSPS) is 43.0. The molecule has 0 aromatic carbocycles. The van der Waals surface area contributed by atoms with Crippen molar-refractivity contribution in [2.24, 2.45) is 0 Å². The first kappa shape index (κ1) is 4.37. The molecule has 1 N–H and O–H groups in total. The average molecular weight is 109 g/mol. The SMILES string of the molecule is OC[C@]1(Cl)CO1. The van der Waals surface area contributed by atoms with Crippen LogP contribution in [0.3, 0.4) is 0 Å². The van der Waals surface area contributed by atoms with Crippen molar-refractivity contribution in [3.8, 4) is 0 Å². The van der Waals surface area contributed by atoms with Crippen molar-refractivity contribution in [2.45, 2.75) is 5.06 Å². The third kappa shape index (κ3) is 0.644. The maximum Gasteiger partial charge on any atom is 0.187 e. The van der Waals surface area contributed by atoms with Crippen molar-refractivity contribution in [3.63, 3.8) is 0 Å². The smallest absolute Gasteiger partial charge is 0.187 e. The molecule has 6 heavy (non-hydrogen) atoms. The number of hydrogen-bond donors (Lipinski definition) is 1. The van der Waals surface area contributed by atoms with E-state index in [2.05, 4.69) is 4.74 Å². The van der Waals surface area contributed by atoms with Crippen LogP contribution in [-0.4, -0.2) is 23.4 Å². The summed E-state index contributed by atoms with van der Waals surface area (Å²) in [7, 11) is 0. The van der Waals surface area contributed by atoms with Crippen LogP contribution in [-0.2, 0) is 4.74 Å². The minimum Gasteiger partial charge on any atom is -0.392 e. The molecule has 1 heterocycles. The van der Waals surface area contributed by atoms with Gasteiger partial charge in [0.2, 0.25) is 0 Å². The fraction of sp³-hybridized carbons (Fsp3) is 1.00. The highest BCUT2D eigenvalue weighted by Crippen LogP contribution is 2.30. The molecule has 1 atom stereocenters. The van der Waals surface area contributed by atoms with Gasteiger partial charge in [0.25, 0.3) is 0 Å². The number of ether oxygens (including phenoxy) is 1. The molecule has 0 spiro atoms. The largest absolute Gasteiger partial charge is 0.392 e. The van der Waals surface area contributed by atoms with Crippen LogP contribution in [0.2, 0.25) is 0 Å². The zero-order chi connectivity index (χ0) is 4.62. The molecule has 0 saturated carbocycles. The Bertz CT molecular complexity index is 59.8. The maximum absolute atomic E-state index is 8.21. The number of aliphatic hydroxyl groups excluding tert-OH is 1. The minimum atomic E-state index is -0.681. The molecular weight excluding hydrogens is 103 g/mol. The summed E-state index contributed by atoms with van der Waals surface area (Å²) < 4.78 is 4.56. The summed E-state index contributed by atoms with van der Waals surface area (Å²) in [6.45, 7) is 0.416. The second kappa shape index (κ2) is 1.09. The van der Waals surface area contributed by atoms with Crippen molar-refractivity contribution in [3.05, 3.63) is 0 Å². The quantitative estimate of drug-likeness (QED) is 0.377. The van der Waals surface area contributed by atoms with Crippen LogP contribution in [0.25, 0.3) is 0 Å². The zero-order valence-electron chi connectivity index (χ0n) is 3.15. The molecule has 0 unspecified atom stereocenters. The van der Waals surface area contributed by atoms with E-state index in [4.69, 9.17) is 16.7 Å². The Balaban J connectivity index is 2.28. The molecule has 1 fully saturated rings. The Morgan fingerprint density at radius 1 is 2.00 bits per heavy atom. The number of hydrogen-bond acceptors (Lipinski definition) is 2. The van der Waals surface area contributed by atoms with Crippen LogP contribution in [0.4, 0.5) is 0 Å². The first-order valence-electron chi connectivity index (χ1n) is 1.71. The fourth-order valence-electron chi connectivity index (χ4n) is 0.170. The van der Waals surface area contributed by atoms with E-state index in [0.717, 1.165) is 0 Å². The Labute approximate surface area is 40.7 Å². The van der Waals surface area contributed by atoms with Gasteiger partial charge >= 0.3 is 0 Å². The molecule has 1 rings (SSSR count). The first-order chi connectivity index (χ1) is 2.77. The lowest BCUT2D eigenvalue weighted by Crippen LogP contribution is -2.04. The van der Waals surface area contributed by atoms with Gasteiger partial charge in [-0.1, -0.05) is 11.6 Å². The Morgan fingerprint density at radius 2 is 2.50 bits per heavy atom. The first-order valence-corrected chi connectivity index (χ1v) is 2.08. The molecule has 0 aliphatic carbocycles. The van der Waals surface area contributed by atoms with E-state index in [0.29, 0.717) is 6.61 Å². The third-order valence-corrected chi connectivity index (χ3v) is 1.03. The van der Waals surface area contributed by atoms with Gasteiger partial charge in [0.15, 0.2) is 5.06 Å². The monoisotopic (exact) mass is 108 g/mol. The highest BCUT2D eigenvalue weighted by molar-refractivity contribution is 6.24. The Hall–Kier alpha value is 0.210. The second-order valence-corrected chi connectivity index (χ2v) is 2.02. The summed E-state index contributed by atoms with van der Waals surface area (Å²) in [5, 5.41) is 7.53. The van der Waals surface area contributed by atoms with Gasteiger partial charge in [0.1, 0.15) is 0 Å². The van der Waals surface area contributed by atoms with E-state index >= 15 is 0 Å². The summed E-state index contributed by atoms with van der Waals surface area (Å²) in [5.74, 6) is 0. The van der Waals surface area contributed by atoms with Gasteiger partial charge in [-0.15, -0.1) is 0 Å². The molecule has 2 nitrogen and oxygen atoms in total. The van der Waals surface area contributed by atoms with Gasteiger partial charge in [0.05, 0.1) is 13.2 Å². The molecular formula is C3H5ClO2. The van der Waals surface area contributed by atoms with E-state index in [9.17, 15) is 0 Å². The highest BCUT2D eigenvalue weighted by atomic mass is 35.5. The van der Waals surface area contributed by atoms with Crippen molar-refractivity contribution in [1.82, 2.24) is 0 Å². The van der Waals surface area contributed by atoms with Crippen molar-refractivity contribution in [2.75, 3.05) is 13.2 Å². The predicted octanol–water partition coefficient (Wildman–Crippen LogP) is -0.0560. The zero-order valence-corrected chi connectivity index (χ0v) is 3.90. The van der Waals surface area contributed by atoms with Crippen molar-refractivity contribution >= 4 is 11.6 Å². The maximum atomic E-state index is 8.21. The van der Waals surface area contributed by atoms with Crippen LogP contribution in [0.15, 0.2) is 0 Å². The lowest BCUT2D eigenvalue weighted by molar-refractivity contribution is 0.223. The molecule has 0 radical (unpaired) electrons.